The molecule has 1 fully saturated rings. The van der Waals surface area contributed by atoms with Gasteiger partial charge in [0.15, 0.2) is 0 Å². The van der Waals surface area contributed by atoms with Crippen molar-refractivity contribution in [3.8, 4) is 0 Å². The minimum atomic E-state index is -3.57. The van der Waals surface area contributed by atoms with E-state index in [-0.39, 0.29) is 17.8 Å². The van der Waals surface area contributed by atoms with E-state index < -0.39 is 16.1 Å². The number of nitrogens with one attached hydrogen (secondary N) is 2. The Morgan fingerprint density at radius 1 is 1.16 bits per heavy atom. The number of hydrogen-bond donors (Lipinski definition) is 2. The molecule has 9 nitrogen and oxygen atoms in total. The highest BCUT2D eigenvalue weighted by molar-refractivity contribution is 7.89. The Hall–Kier alpha value is -2.63. The summed E-state index contributed by atoms with van der Waals surface area (Å²) < 4.78 is 27.5. The van der Waals surface area contributed by atoms with Crippen LogP contribution in [-0.4, -0.2) is 68.9 Å². The van der Waals surface area contributed by atoms with Crippen molar-refractivity contribution in [1.29, 1.82) is 0 Å². The Morgan fingerprint density at radius 2 is 1.84 bits per heavy atom. The molecule has 2 N–H and O–H groups in total. The zero-order valence-electron chi connectivity index (χ0n) is 17.8. The molecule has 1 aromatic carbocycles. The number of sulfonamides is 1. The van der Waals surface area contributed by atoms with Gasteiger partial charge in [0.2, 0.25) is 5.91 Å². The van der Waals surface area contributed by atoms with E-state index in [0.717, 1.165) is 12.7 Å². The number of likely N-dealkylation sites (tertiary alicyclic amines) is 1. The largest absolute Gasteiger partial charge is 0.362 e. The molecule has 2 heterocycles. The molecule has 0 spiro atoms. The van der Waals surface area contributed by atoms with Gasteiger partial charge in [0.25, 0.3) is 10.0 Å². The van der Waals surface area contributed by atoms with E-state index in [2.05, 4.69) is 15.0 Å². The first-order valence-corrected chi connectivity index (χ1v) is 12.8. The molecule has 1 saturated heterocycles. The summed E-state index contributed by atoms with van der Waals surface area (Å²) in [5.41, 5.74) is 1.13. The Labute approximate surface area is 196 Å². The average molecular weight is 498 g/mol. The van der Waals surface area contributed by atoms with Crippen molar-refractivity contribution in [2.24, 2.45) is 4.40 Å². The third-order valence-electron chi connectivity index (χ3n) is 4.71. The van der Waals surface area contributed by atoms with Gasteiger partial charge in [-0.15, -0.1) is 15.7 Å². The fraction of sp³-hybridized carbons (Fsp3) is 0.350. The molecule has 32 heavy (non-hydrogen) atoms. The summed E-state index contributed by atoms with van der Waals surface area (Å²) in [6.45, 7) is 0.482. The molecule has 1 aliphatic rings. The Bertz CT molecular complexity index is 1130. The summed E-state index contributed by atoms with van der Waals surface area (Å²) in [6.07, 6.45) is 2.32. The maximum absolute atomic E-state index is 12.8. The van der Waals surface area contributed by atoms with Crippen LogP contribution in [0.1, 0.15) is 18.4 Å². The molecule has 0 radical (unpaired) electrons. The zero-order chi connectivity index (χ0) is 23.5. The van der Waals surface area contributed by atoms with Crippen molar-refractivity contribution < 1.29 is 18.0 Å². The van der Waals surface area contributed by atoms with Gasteiger partial charge in [-0.2, -0.15) is 0 Å². The van der Waals surface area contributed by atoms with Crippen molar-refractivity contribution in [3.05, 3.63) is 46.3 Å². The molecule has 12 heteroatoms. The first kappa shape index (κ1) is 24.0. The Kier molecular flexibility index (Phi) is 7.42. The molecular weight excluding hydrogens is 474 g/mol. The summed E-state index contributed by atoms with van der Waals surface area (Å²) in [6, 6.07) is 9.18. The van der Waals surface area contributed by atoms with Gasteiger partial charge in [0.1, 0.15) is 11.9 Å². The van der Waals surface area contributed by atoms with Crippen LogP contribution in [0.15, 0.2) is 40.8 Å². The summed E-state index contributed by atoms with van der Waals surface area (Å²) >= 11 is 7.15. The summed E-state index contributed by atoms with van der Waals surface area (Å²) in [4.78, 5) is 28.6. The maximum atomic E-state index is 12.8. The molecule has 0 unspecified atom stereocenters. The van der Waals surface area contributed by atoms with Crippen LogP contribution in [-0.2, 0) is 14.8 Å². The normalized spacial score (nSPS) is 16.7. The Balaban J connectivity index is 1.68. The lowest BCUT2D eigenvalue weighted by Gasteiger charge is -2.24. The van der Waals surface area contributed by atoms with Gasteiger partial charge in [-0.3, -0.25) is 10.1 Å². The topological polar surface area (TPSA) is 111 Å². The van der Waals surface area contributed by atoms with E-state index >= 15 is 0 Å². The van der Waals surface area contributed by atoms with Crippen LogP contribution >= 0.6 is 22.9 Å². The number of carbonyl (C=O) groups is 2. The monoisotopic (exact) mass is 497 g/mol. The average Bonchev–Trinajstić information content (AvgIpc) is 3.35. The van der Waals surface area contributed by atoms with Crippen molar-refractivity contribution >= 4 is 61.4 Å². The predicted octanol–water partition coefficient (Wildman–Crippen LogP) is 3.30. The van der Waals surface area contributed by atoms with Crippen LogP contribution in [0.4, 0.5) is 15.5 Å². The highest BCUT2D eigenvalue weighted by atomic mass is 35.5. The van der Waals surface area contributed by atoms with Gasteiger partial charge in [-0.25, -0.2) is 13.2 Å². The molecule has 3 rings (SSSR count). The first-order chi connectivity index (χ1) is 15.0. The van der Waals surface area contributed by atoms with Gasteiger partial charge in [-0.1, -0.05) is 11.6 Å². The van der Waals surface area contributed by atoms with Crippen molar-refractivity contribution in [2.75, 3.05) is 37.5 Å². The number of nitrogens with zero attached hydrogens (tertiary/aromatic N) is 3. The number of anilines is 2. The van der Waals surface area contributed by atoms with E-state index in [1.165, 1.54) is 16.2 Å². The molecule has 3 amide bonds. The summed E-state index contributed by atoms with van der Waals surface area (Å²) in [5, 5.41) is 6.23. The van der Waals surface area contributed by atoms with Gasteiger partial charge < -0.3 is 15.1 Å². The Morgan fingerprint density at radius 3 is 2.41 bits per heavy atom. The number of amidine groups is 1. The molecule has 1 aromatic heterocycles. The highest BCUT2D eigenvalue weighted by Gasteiger charge is 2.34. The summed E-state index contributed by atoms with van der Waals surface area (Å²) in [5.74, 6) is 0.00458. The number of carbonyl (C=O) groups excluding carboxylic acids is 2. The minimum absolute atomic E-state index is 0.285. The van der Waals surface area contributed by atoms with Crippen LogP contribution in [0.2, 0.25) is 4.34 Å². The lowest BCUT2D eigenvalue weighted by atomic mass is 10.1. The number of urea groups is 1. The van der Waals surface area contributed by atoms with Gasteiger partial charge in [0, 0.05) is 31.9 Å². The minimum Gasteiger partial charge on any atom is -0.362 e. The van der Waals surface area contributed by atoms with Gasteiger partial charge >= 0.3 is 6.03 Å². The van der Waals surface area contributed by atoms with Crippen LogP contribution in [0, 0.1) is 0 Å². The van der Waals surface area contributed by atoms with Crippen molar-refractivity contribution in [2.45, 2.75) is 18.9 Å². The van der Waals surface area contributed by atoms with E-state index in [4.69, 9.17) is 11.6 Å². The lowest BCUT2D eigenvalue weighted by Crippen LogP contribution is -2.45. The van der Waals surface area contributed by atoms with Crippen LogP contribution in [0.5, 0.6) is 0 Å². The van der Waals surface area contributed by atoms with Crippen molar-refractivity contribution in [3.63, 3.8) is 0 Å². The number of halogens is 1. The number of thiophene rings is 1. The highest BCUT2D eigenvalue weighted by Crippen LogP contribution is 2.27. The number of amides is 3. The maximum Gasteiger partial charge on any atom is 0.323 e. The van der Waals surface area contributed by atoms with E-state index in [1.54, 1.807) is 55.4 Å². The van der Waals surface area contributed by atoms with E-state index in [0.29, 0.717) is 33.6 Å². The van der Waals surface area contributed by atoms with Crippen LogP contribution in [0.3, 0.4) is 0 Å². The zero-order valence-corrected chi connectivity index (χ0v) is 20.2. The van der Waals surface area contributed by atoms with Gasteiger partial charge in [-0.05, 0) is 49.2 Å². The molecule has 0 bridgehead atoms. The smallest absolute Gasteiger partial charge is 0.323 e. The third kappa shape index (κ3) is 6.21. The first-order valence-electron chi connectivity index (χ1n) is 9.75. The fourth-order valence-electron chi connectivity index (χ4n) is 3.32. The predicted molar refractivity (Wildman–Crippen MR) is 128 cm³/mol. The molecular formula is C20H24ClN5O4S2. The second kappa shape index (κ2) is 9.88. The molecule has 2 aromatic rings. The summed E-state index contributed by atoms with van der Waals surface area (Å²) in [7, 11) is -0.170. The second-order valence-corrected chi connectivity index (χ2v) is 10.9. The molecule has 1 aliphatic heterocycles. The third-order valence-corrected chi connectivity index (χ3v) is 6.36. The molecule has 172 valence electrons. The molecule has 0 aliphatic carbocycles. The van der Waals surface area contributed by atoms with Crippen LogP contribution in [0.25, 0.3) is 0 Å². The SMILES string of the molecule is CN(C)C(=NS(C)(=O)=O)c1ccc(NC(=O)[C@H]2CCCN2C(=O)Nc2ccc(Cl)s2)cc1. The van der Waals surface area contributed by atoms with E-state index in [1.807, 2.05) is 0 Å². The second-order valence-electron chi connectivity index (χ2n) is 7.49. The molecule has 1 atom stereocenters. The van der Waals surface area contributed by atoms with Crippen LogP contribution < -0.4 is 10.6 Å². The van der Waals surface area contributed by atoms with E-state index in [9.17, 15) is 18.0 Å². The van der Waals surface area contributed by atoms with Crippen molar-refractivity contribution in [1.82, 2.24) is 9.80 Å². The fourth-order valence-corrected chi connectivity index (χ4v) is 4.83. The lowest BCUT2D eigenvalue weighted by molar-refractivity contribution is -0.119. The quantitative estimate of drug-likeness (QED) is 0.486. The molecule has 0 saturated carbocycles. The standard InChI is InChI=1S/C20H24ClN5O4S2/c1-25(2)18(24-32(3,29)30)13-6-8-14(9-7-13)22-19(27)15-5-4-12-26(15)20(28)23-17-11-10-16(21)31-17/h6-11,15H,4-5,12H2,1-3H3,(H,22,27)(H,23,28)/t15-/m1/s1. The number of benzene rings is 1. The number of rotatable bonds is 5. The van der Waals surface area contributed by atoms with Gasteiger partial charge in [0.05, 0.1) is 15.6 Å². The number of hydrogen-bond acceptors (Lipinski definition) is 5.